The molecule has 1 aliphatic rings. The van der Waals surface area contributed by atoms with Crippen LogP contribution in [0.2, 0.25) is 0 Å². The summed E-state index contributed by atoms with van der Waals surface area (Å²) in [6, 6.07) is 10.4. The van der Waals surface area contributed by atoms with Gasteiger partial charge in [-0.2, -0.15) is 5.26 Å². The first-order chi connectivity index (χ1) is 10.1. The summed E-state index contributed by atoms with van der Waals surface area (Å²) in [4.78, 5) is 14.4. The Morgan fingerprint density at radius 3 is 2.48 bits per heavy atom. The standard InChI is InChI=1S/C17H22N2OS/c1-13-4-3-5-14(2)19(13)17(20)12-21-11-16-8-6-15(10-18)7-9-16/h6-9,13-14H,3-5,11-12H2,1-2H3. The topological polar surface area (TPSA) is 44.1 Å². The molecule has 2 unspecified atom stereocenters. The SMILES string of the molecule is CC1CCCC(C)N1C(=O)CSCc1ccc(C#N)cc1. The summed E-state index contributed by atoms with van der Waals surface area (Å²) in [5, 5.41) is 8.77. The molecule has 0 spiro atoms. The quantitative estimate of drug-likeness (QED) is 0.854. The first kappa shape index (κ1) is 15.9. The van der Waals surface area contributed by atoms with Gasteiger partial charge in [0.05, 0.1) is 17.4 Å². The number of piperidine rings is 1. The Balaban J connectivity index is 1.82. The average Bonchev–Trinajstić information content (AvgIpc) is 2.48. The molecular formula is C17H22N2OS. The highest BCUT2D eigenvalue weighted by molar-refractivity contribution is 7.99. The molecule has 0 saturated carbocycles. The van der Waals surface area contributed by atoms with E-state index in [-0.39, 0.29) is 5.91 Å². The second kappa shape index (κ2) is 7.51. The minimum absolute atomic E-state index is 0.258. The number of nitrogens with zero attached hydrogens (tertiary/aromatic N) is 2. The normalized spacial score (nSPS) is 21.9. The maximum Gasteiger partial charge on any atom is 0.233 e. The molecule has 0 aliphatic carbocycles. The molecular weight excluding hydrogens is 280 g/mol. The van der Waals surface area contributed by atoms with Gasteiger partial charge in [0.15, 0.2) is 0 Å². The van der Waals surface area contributed by atoms with E-state index >= 15 is 0 Å². The average molecular weight is 302 g/mol. The van der Waals surface area contributed by atoms with Crippen molar-refractivity contribution in [3.63, 3.8) is 0 Å². The Kier molecular flexibility index (Phi) is 5.69. The van der Waals surface area contributed by atoms with E-state index in [4.69, 9.17) is 5.26 Å². The fourth-order valence-corrected chi connectivity index (χ4v) is 3.77. The van der Waals surface area contributed by atoms with Crippen molar-refractivity contribution in [3.05, 3.63) is 35.4 Å². The first-order valence-electron chi connectivity index (χ1n) is 7.49. The van der Waals surface area contributed by atoms with Crippen LogP contribution in [0, 0.1) is 11.3 Å². The van der Waals surface area contributed by atoms with Crippen LogP contribution in [-0.4, -0.2) is 28.6 Å². The summed E-state index contributed by atoms with van der Waals surface area (Å²) in [5.41, 5.74) is 1.84. The lowest BCUT2D eigenvalue weighted by Crippen LogP contribution is -2.48. The van der Waals surface area contributed by atoms with Crippen LogP contribution in [-0.2, 0) is 10.5 Å². The van der Waals surface area contributed by atoms with Gasteiger partial charge in [-0.25, -0.2) is 0 Å². The molecule has 4 heteroatoms. The number of hydrogen-bond acceptors (Lipinski definition) is 3. The molecule has 1 aromatic rings. The minimum atomic E-state index is 0.258. The van der Waals surface area contributed by atoms with E-state index in [1.807, 2.05) is 24.3 Å². The molecule has 0 radical (unpaired) electrons. The van der Waals surface area contributed by atoms with Gasteiger partial charge in [0, 0.05) is 17.8 Å². The van der Waals surface area contributed by atoms with Gasteiger partial charge in [0.1, 0.15) is 0 Å². The van der Waals surface area contributed by atoms with Crippen LogP contribution in [0.25, 0.3) is 0 Å². The van der Waals surface area contributed by atoms with Crippen molar-refractivity contribution in [2.24, 2.45) is 0 Å². The summed E-state index contributed by atoms with van der Waals surface area (Å²) < 4.78 is 0. The van der Waals surface area contributed by atoms with Crippen LogP contribution >= 0.6 is 11.8 Å². The number of carbonyl (C=O) groups excluding carboxylic acids is 1. The lowest BCUT2D eigenvalue weighted by Gasteiger charge is -2.39. The highest BCUT2D eigenvalue weighted by atomic mass is 32.2. The van der Waals surface area contributed by atoms with Crippen LogP contribution in [0.3, 0.4) is 0 Å². The Morgan fingerprint density at radius 2 is 1.90 bits per heavy atom. The van der Waals surface area contributed by atoms with Crippen molar-refractivity contribution in [2.75, 3.05) is 5.75 Å². The molecule has 21 heavy (non-hydrogen) atoms. The number of amides is 1. The molecule has 1 aliphatic heterocycles. The zero-order valence-corrected chi connectivity index (χ0v) is 13.5. The molecule has 1 saturated heterocycles. The molecule has 0 bridgehead atoms. The fourth-order valence-electron chi connectivity index (χ4n) is 2.92. The van der Waals surface area contributed by atoms with Crippen molar-refractivity contribution in [1.82, 2.24) is 4.90 Å². The lowest BCUT2D eigenvalue weighted by molar-refractivity contribution is -0.134. The van der Waals surface area contributed by atoms with E-state index in [1.165, 1.54) is 6.42 Å². The number of rotatable bonds is 4. The molecule has 112 valence electrons. The van der Waals surface area contributed by atoms with E-state index in [9.17, 15) is 4.79 Å². The van der Waals surface area contributed by atoms with E-state index in [0.717, 1.165) is 24.2 Å². The van der Waals surface area contributed by atoms with Crippen LogP contribution in [0.4, 0.5) is 0 Å². The minimum Gasteiger partial charge on any atom is -0.337 e. The second-order valence-electron chi connectivity index (χ2n) is 5.73. The van der Waals surface area contributed by atoms with Gasteiger partial charge in [-0.05, 0) is 50.8 Å². The van der Waals surface area contributed by atoms with E-state index < -0.39 is 0 Å². The lowest BCUT2D eigenvalue weighted by atomic mass is 9.98. The van der Waals surface area contributed by atoms with Crippen LogP contribution in [0.5, 0.6) is 0 Å². The highest BCUT2D eigenvalue weighted by Gasteiger charge is 2.28. The highest BCUT2D eigenvalue weighted by Crippen LogP contribution is 2.24. The molecule has 3 nitrogen and oxygen atoms in total. The third kappa shape index (κ3) is 4.25. The number of benzene rings is 1. The summed E-state index contributed by atoms with van der Waals surface area (Å²) in [6.45, 7) is 4.30. The number of carbonyl (C=O) groups is 1. The van der Waals surface area contributed by atoms with Gasteiger partial charge in [-0.15, -0.1) is 11.8 Å². The molecule has 0 aromatic heterocycles. The maximum absolute atomic E-state index is 12.4. The maximum atomic E-state index is 12.4. The van der Waals surface area contributed by atoms with Crippen LogP contribution < -0.4 is 0 Å². The summed E-state index contributed by atoms with van der Waals surface area (Å²) in [6.07, 6.45) is 3.47. The van der Waals surface area contributed by atoms with Crippen molar-refractivity contribution in [3.8, 4) is 6.07 Å². The van der Waals surface area contributed by atoms with Crippen molar-refractivity contribution in [2.45, 2.75) is 50.9 Å². The second-order valence-corrected chi connectivity index (χ2v) is 6.72. The Hall–Kier alpha value is -1.47. The molecule has 1 fully saturated rings. The van der Waals surface area contributed by atoms with Gasteiger partial charge in [0.25, 0.3) is 0 Å². The third-order valence-electron chi connectivity index (χ3n) is 4.06. The monoisotopic (exact) mass is 302 g/mol. The first-order valence-corrected chi connectivity index (χ1v) is 8.65. The van der Waals surface area contributed by atoms with Gasteiger partial charge in [0.2, 0.25) is 5.91 Å². The zero-order valence-electron chi connectivity index (χ0n) is 12.7. The number of likely N-dealkylation sites (tertiary alicyclic amines) is 1. The Morgan fingerprint density at radius 1 is 1.29 bits per heavy atom. The van der Waals surface area contributed by atoms with Gasteiger partial charge >= 0.3 is 0 Å². The molecule has 1 aromatic carbocycles. The third-order valence-corrected chi connectivity index (χ3v) is 5.05. The van der Waals surface area contributed by atoms with Crippen LogP contribution in [0.1, 0.15) is 44.2 Å². The van der Waals surface area contributed by atoms with Gasteiger partial charge in [-0.3, -0.25) is 4.79 Å². The number of thioether (sulfide) groups is 1. The summed E-state index contributed by atoms with van der Waals surface area (Å²) >= 11 is 1.65. The summed E-state index contributed by atoms with van der Waals surface area (Å²) in [7, 11) is 0. The predicted molar refractivity (Wildman–Crippen MR) is 86.9 cm³/mol. The fraction of sp³-hybridized carbons (Fsp3) is 0.529. The number of hydrogen-bond donors (Lipinski definition) is 0. The zero-order chi connectivity index (χ0) is 15.2. The van der Waals surface area contributed by atoms with Crippen molar-refractivity contribution in [1.29, 1.82) is 5.26 Å². The van der Waals surface area contributed by atoms with Crippen molar-refractivity contribution >= 4 is 17.7 Å². The predicted octanol–water partition coefficient (Wildman–Crippen LogP) is 3.58. The van der Waals surface area contributed by atoms with E-state index in [1.54, 1.807) is 11.8 Å². The molecule has 1 amide bonds. The van der Waals surface area contributed by atoms with Gasteiger partial charge < -0.3 is 4.90 Å². The largest absolute Gasteiger partial charge is 0.337 e. The van der Waals surface area contributed by atoms with E-state index in [2.05, 4.69) is 24.8 Å². The summed E-state index contributed by atoms with van der Waals surface area (Å²) in [5.74, 6) is 1.61. The van der Waals surface area contributed by atoms with Crippen LogP contribution in [0.15, 0.2) is 24.3 Å². The van der Waals surface area contributed by atoms with Crippen molar-refractivity contribution < 1.29 is 4.79 Å². The molecule has 2 rings (SSSR count). The smallest absolute Gasteiger partial charge is 0.233 e. The Bertz CT molecular complexity index is 511. The van der Waals surface area contributed by atoms with Gasteiger partial charge in [-0.1, -0.05) is 12.1 Å². The number of nitriles is 1. The van der Waals surface area contributed by atoms with E-state index in [0.29, 0.717) is 23.4 Å². The molecule has 2 atom stereocenters. The Labute approximate surface area is 131 Å². The molecule has 1 heterocycles. The molecule has 0 N–H and O–H groups in total.